The number of benzene rings is 4. The fourth-order valence-electron chi connectivity index (χ4n) is 5.00. The number of thioether (sulfide) groups is 1. The Kier molecular flexibility index (Phi) is 8.95. The number of hydrogen-bond acceptors (Lipinski definition) is 9. The number of carbonyl (C=O) groups is 2. The standard InChI is InChI=1S/C35H29N3O5S2/c1-22-13-15-25(16-14-22)31(39)29-30(26-17-18-27(28(19-26)42-2)43-20-23-9-5-3-6-10-23)38(33(41)32(29)40)34-36-37-35(45-34)44-21-24-11-7-4-8-12-24/h3-19,30,39H,20-21H2,1-2H3/b31-29-. The number of aromatic nitrogens is 2. The molecule has 1 unspecified atom stereocenters. The van der Waals surface area contributed by atoms with Gasteiger partial charge in [0.05, 0.1) is 18.7 Å². The molecular formula is C35H29N3O5S2. The topological polar surface area (TPSA) is 102 Å². The van der Waals surface area contributed by atoms with Gasteiger partial charge >= 0.3 is 5.91 Å². The molecule has 1 atom stereocenters. The monoisotopic (exact) mass is 635 g/mol. The van der Waals surface area contributed by atoms with Crippen molar-refractivity contribution in [1.29, 1.82) is 0 Å². The van der Waals surface area contributed by atoms with Crippen molar-refractivity contribution in [2.24, 2.45) is 0 Å². The molecule has 1 saturated heterocycles. The van der Waals surface area contributed by atoms with Crippen LogP contribution >= 0.6 is 23.1 Å². The summed E-state index contributed by atoms with van der Waals surface area (Å²) in [5, 5.41) is 20.4. The number of aliphatic hydroxyl groups is 1. The molecule has 0 bridgehead atoms. The Balaban J connectivity index is 1.38. The smallest absolute Gasteiger partial charge is 0.301 e. The highest BCUT2D eigenvalue weighted by molar-refractivity contribution is 8.00. The molecule has 0 saturated carbocycles. The molecule has 10 heteroatoms. The van der Waals surface area contributed by atoms with Crippen molar-refractivity contribution in [3.63, 3.8) is 0 Å². The second-order valence-corrected chi connectivity index (χ2v) is 12.5. The number of nitrogens with zero attached hydrogens (tertiary/aromatic N) is 3. The molecule has 1 fully saturated rings. The largest absolute Gasteiger partial charge is 0.507 e. The number of amides is 1. The molecule has 2 heterocycles. The molecule has 0 aliphatic carbocycles. The van der Waals surface area contributed by atoms with Gasteiger partial charge in [0.15, 0.2) is 15.8 Å². The lowest BCUT2D eigenvalue weighted by molar-refractivity contribution is -0.132. The zero-order valence-electron chi connectivity index (χ0n) is 24.5. The lowest BCUT2D eigenvalue weighted by atomic mass is 9.95. The highest BCUT2D eigenvalue weighted by Crippen LogP contribution is 2.45. The number of carbonyl (C=O) groups excluding carboxylic acids is 2. The molecule has 0 radical (unpaired) electrons. The van der Waals surface area contributed by atoms with E-state index < -0.39 is 17.7 Å². The molecule has 226 valence electrons. The minimum Gasteiger partial charge on any atom is -0.507 e. The van der Waals surface area contributed by atoms with E-state index in [4.69, 9.17) is 9.47 Å². The Bertz CT molecular complexity index is 1860. The summed E-state index contributed by atoms with van der Waals surface area (Å²) in [7, 11) is 1.53. The number of ether oxygens (including phenoxy) is 2. The maximum Gasteiger partial charge on any atom is 0.301 e. The number of hydrogen-bond donors (Lipinski definition) is 1. The summed E-state index contributed by atoms with van der Waals surface area (Å²) < 4.78 is 12.4. The van der Waals surface area contributed by atoms with Crippen LogP contribution < -0.4 is 14.4 Å². The zero-order valence-corrected chi connectivity index (χ0v) is 26.2. The Morgan fingerprint density at radius 1 is 0.889 bits per heavy atom. The van der Waals surface area contributed by atoms with E-state index in [2.05, 4.69) is 10.2 Å². The fourth-order valence-corrected chi connectivity index (χ4v) is 6.82. The van der Waals surface area contributed by atoms with Gasteiger partial charge in [-0.05, 0) is 35.7 Å². The van der Waals surface area contributed by atoms with Crippen LogP contribution in [0.4, 0.5) is 5.13 Å². The highest BCUT2D eigenvalue weighted by Gasteiger charge is 2.48. The third-order valence-electron chi connectivity index (χ3n) is 7.32. The second-order valence-electron chi connectivity index (χ2n) is 10.3. The molecule has 1 N–H and O–H groups in total. The Morgan fingerprint density at radius 3 is 2.27 bits per heavy atom. The molecule has 1 aliphatic rings. The van der Waals surface area contributed by atoms with E-state index in [1.54, 1.807) is 30.3 Å². The van der Waals surface area contributed by atoms with Gasteiger partial charge in [-0.1, -0.05) is 120 Å². The van der Waals surface area contributed by atoms with E-state index in [0.717, 1.165) is 16.7 Å². The van der Waals surface area contributed by atoms with Crippen LogP contribution in [-0.4, -0.2) is 34.1 Å². The Morgan fingerprint density at radius 2 is 1.58 bits per heavy atom. The molecule has 8 nitrogen and oxygen atoms in total. The predicted octanol–water partition coefficient (Wildman–Crippen LogP) is 7.35. The minimum absolute atomic E-state index is 0.0439. The van der Waals surface area contributed by atoms with E-state index in [9.17, 15) is 14.7 Å². The van der Waals surface area contributed by atoms with Crippen molar-refractivity contribution in [3.8, 4) is 11.5 Å². The average molecular weight is 636 g/mol. The molecule has 1 aliphatic heterocycles. The summed E-state index contributed by atoms with van der Waals surface area (Å²) in [6.45, 7) is 2.26. The first kappa shape index (κ1) is 30.1. The van der Waals surface area contributed by atoms with Crippen LogP contribution in [-0.2, 0) is 21.9 Å². The number of aliphatic hydroxyl groups excluding tert-OH is 1. The molecule has 4 aromatic carbocycles. The van der Waals surface area contributed by atoms with Crippen LogP contribution in [0, 0.1) is 6.92 Å². The van der Waals surface area contributed by atoms with Gasteiger partial charge in [-0.3, -0.25) is 14.5 Å². The third-order valence-corrected chi connectivity index (χ3v) is 9.44. The van der Waals surface area contributed by atoms with Gasteiger partial charge in [-0.2, -0.15) is 0 Å². The van der Waals surface area contributed by atoms with Crippen molar-refractivity contribution < 1.29 is 24.2 Å². The van der Waals surface area contributed by atoms with Crippen molar-refractivity contribution in [2.45, 2.75) is 29.7 Å². The van der Waals surface area contributed by atoms with Crippen LogP contribution in [0.5, 0.6) is 11.5 Å². The zero-order chi connectivity index (χ0) is 31.3. The number of Topliss-reactive ketones (excluding diaryl/α,β-unsaturated/α-hetero) is 1. The first-order chi connectivity index (χ1) is 21.9. The van der Waals surface area contributed by atoms with Gasteiger partial charge in [0.2, 0.25) is 5.13 Å². The quantitative estimate of drug-likeness (QED) is 0.0559. The normalized spacial score (nSPS) is 15.8. The van der Waals surface area contributed by atoms with Crippen LogP contribution in [0.2, 0.25) is 0 Å². The van der Waals surface area contributed by atoms with E-state index in [0.29, 0.717) is 39.3 Å². The van der Waals surface area contributed by atoms with E-state index in [-0.39, 0.29) is 16.5 Å². The molecule has 45 heavy (non-hydrogen) atoms. The van der Waals surface area contributed by atoms with Gasteiger partial charge in [0.1, 0.15) is 12.4 Å². The molecular weight excluding hydrogens is 607 g/mol. The van der Waals surface area contributed by atoms with E-state index in [1.807, 2.05) is 79.7 Å². The summed E-state index contributed by atoms with van der Waals surface area (Å²) in [4.78, 5) is 28.6. The molecule has 0 spiro atoms. The van der Waals surface area contributed by atoms with E-state index in [1.165, 1.54) is 35.1 Å². The number of methoxy groups -OCH3 is 1. The average Bonchev–Trinajstić information content (AvgIpc) is 3.65. The van der Waals surface area contributed by atoms with Crippen molar-refractivity contribution in [2.75, 3.05) is 12.0 Å². The van der Waals surface area contributed by atoms with Crippen molar-refractivity contribution in [3.05, 3.63) is 137 Å². The number of rotatable bonds is 10. The second kappa shape index (κ2) is 13.4. The highest BCUT2D eigenvalue weighted by atomic mass is 32.2. The maximum atomic E-state index is 13.7. The molecule has 1 aromatic heterocycles. The summed E-state index contributed by atoms with van der Waals surface area (Å²) in [6.07, 6.45) is 0. The summed E-state index contributed by atoms with van der Waals surface area (Å²) in [6, 6.07) is 31.1. The van der Waals surface area contributed by atoms with Gasteiger partial charge in [0, 0.05) is 11.3 Å². The summed E-state index contributed by atoms with van der Waals surface area (Å²) in [5.41, 5.74) is 4.04. The first-order valence-electron chi connectivity index (χ1n) is 14.2. The number of aryl methyl sites for hydroxylation is 1. The fraction of sp³-hybridized carbons (Fsp3) is 0.143. The Labute approximate surface area is 269 Å². The molecule has 1 amide bonds. The lowest BCUT2D eigenvalue weighted by Gasteiger charge is -2.23. The Hall–Kier alpha value is -4.93. The SMILES string of the molecule is COc1cc(C2/C(=C(/O)c3ccc(C)cc3)C(=O)C(=O)N2c2nnc(SCc3ccccc3)s2)ccc1OCc1ccccc1. The molecule has 5 aromatic rings. The number of anilines is 1. The third kappa shape index (κ3) is 6.47. The van der Waals surface area contributed by atoms with Gasteiger partial charge in [-0.15, -0.1) is 10.2 Å². The van der Waals surface area contributed by atoms with Crippen LogP contribution in [0.3, 0.4) is 0 Å². The number of ketones is 1. The van der Waals surface area contributed by atoms with Crippen molar-refractivity contribution in [1.82, 2.24) is 10.2 Å². The predicted molar refractivity (Wildman–Crippen MR) is 176 cm³/mol. The van der Waals surface area contributed by atoms with E-state index >= 15 is 0 Å². The maximum absolute atomic E-state index is 13.7. The van der Waals surface area contributed by atoms with Crippen LogP contribution in [0.25, 0.3) is 5.76 Å². The molecule has 6 rings (SSSR count). The summed E-state index contributed by atoms with van der Waals surface area (Å²) >= 11 is 2.71. The van der Waals surface area contributed by atoms with Crippen molar-refractivity contribution >= 4 is 45.7 Å². The van der Waals surface area contributed by atoms with Gasteiger partial charge in [-0.25, -0.2) is 0 Å². The summed E-state index contributed by atoms with van der Waals surface area (Å²) in [5.74, 6) is -0.292. The van der Waals surface area contributed by atoms with Crippen LogP contribution in [0.1, 0.15) is 33.9 Å². The van der Waals surface area contributed by atoms with Gasteiger partial charge in [0.25, 0.3) is 5.78 Å². The van der Waals surface area contributed by atoms with Gasteiger partial charge < -0.3 is 14.6 Å². The first-order valence-corrected chi connectivity index (χ1v) is 16.0. The minimum atomic E-state index is -0.983. The van der Waals surface area contributed by atoms with Crippen LogP contribution in [0.15, 0.2) is 113 Å². The lowest BCUT2D eigenvalue weighted by Crippen LogP contribution is -2.29.